The molecular weight excluding hydrogens is 384 g/mol. The average Bonchev–Trinajstić information content (AvgIpc) is 3.01. The third-order valence-electron chi connectivity index (χ3n) is 4.97. The number of hydrogen-bond donors (Lipinski definition) is 2. The summed E-state index contributed by atoms with van der Waals surface area (Å²) in [5.74, 6) is 0.850. The van der Waals surface area contributed by atoms with Crippen molar-refractivity contribution in [3.63, 3.8) is 0 Å². The monoisotopic (exact) mass is 408 g/mol. The first-order valence-electron chi connectivity index (χ1n) is 9.97. The van der Waals surface area contributed by atoms with Crippen LogP contribution in [0.3, 0.4) is 0 Å². The second-order valence-corrected chi connectivity index (χ2v) is 7.23. The van der Waals surface area contributed by atoms with Crippen molar-refractivity contribution in [1.82, 2.24) is 10.7 Å². The third-order valence-corrected chi connectivity index (χ3v) is 4.97. The first-order chi connectivity index (χ1) is 14.5. The fourth-order valence-corrected chi connectivity index (χ4v) is 3.30. The molecule has 2 aromatic rings. The zero-order valence-electron chi connectivity index (χ0n) is 16.9. The van der Waals surface area contributed by atoms with E-state index < -0.39 is 11.9 Å². The summed E-state index contributed by atoms with van der Waals surface area (Å²) >= 11 is 0. The lowest BCUT2D eigenvalue weighted by Gasteiger charge is -2.31. The van der Waals surface area contributed by atoms with Gasteiger partial charge in [-0.15, -0.1) is 0 Å². The molecule has 2 atom stereocenters. The minimum absolute atomic E-state index is 0.0900. The standard InChI is InChI=1S/C22H24N4O4/c1-14(16-9-10-18-19(13-16)30-12-6-11-29-18)24-21(27)20-23-15(2)22(28)26(25-20)17-7-4-3-5-8-17/h3-5,7-10,13-15H,6,11-12H2,1-2H3,(H,23,25)(H,24,27). The average molecular weight is 408 g/mol. The van der Waals surface area contributed by atoms with E-state index in [2.05, 4.69) is 15.7 Å². The Hall–Kier alpha value is -3.55. The van der Waals surface area contributed by atoms with Crippen LogP contribution in [-0.4, -0.2) is 36.9 Å². The van der Waals surface area contributed by atoms with Crippen LogP contribution in [0.2, 0.25) is 0 Å². The summed E-state index contributed by atoms with van der Waals surface area (Å²) in [4.78, 5) is 29.6. The number of amides is 2. The lowest BCUT2D eigenvalue weighted by Crippen LogP contribution is -2.58. The molecule has 30 heavy (non-hydrogen) atoms. The number of rotatable bonds is 4. The second kappa shape index (κ2) is 8.44. The lowest BCUT2D eigenvalue weighted by molar-refractivity contribution is -0.120. The van der Waals surface area contributed by atoms with Crippen LogP contribution in [0.15, 0.2) is 53.5 Å². The molecule has 0 aliphatic carbocycles. The molecule has 0 bridgehead atoms. The number of para-hydroxylation sites is 1. The van der Waals surface area contributed by atoms with Crippen LogP contribution in [0.25, 0.3) is 0 Å². The molecule has 2 N–H and O–H groups in total. The molecule has 2 amide bonds. The number of nitrogens with zero attached hydrogens (tertiary/aromatic N) is 2. The number of benzene rings is 2. The van der Waals surface area contributed by atoms with Gasteiger partial charge in [-0.2, -0.15) is 0 Å². The lowest BCUT2D eigenvalue weighted by atomic mass is 10.1. The van der Waals surface area contributed by atoms with E-state index in [0.717, 1.165) is 12.0 Å². The third kappa shape index (κ3) is 4.07. The SMILES string of the molecule is CC1N=C(C(=O)NC(C)c2ccc3c(c2)OCCCO3)NN(c2ccccc2)C1=O. The molecule has 0 radical (unpaired) electrons. The van der Waals surface area contributed by atoms with Crippen LogP contribution in [0.5, 0.6) is 11.5 Å². The Bertz CT molecular complexity index is 976. The van der Waals surface area contributed by atoms with E-state index in [9.17, 15) is 9.59 Å². The van der Waals surface area contributed by atoms with Crippen molar-refractivity contribution >= 4 is 23.3 Å². The summed E-state index contributed by atoms with van der Waals surface area (Å²) in [5, 5.41) is 4.28. The first-order valence-corrected chi connectivity index (χ1v) is 9.97. The fraction of sp³-hybridized carbons (Fsp3) is 0.318. The van der Waals surface area contributed by atoms with Gasteiger partial charge in [0, 0.05) is 6.42 Å². The van der Waals surface area contributed by atoms with Crippen LogP contribution in [0, 0.1) is 0 Å². The van der Waals surface area contributed by atoms with Crippen LogP contribution in [0.1, 0.15) is 31.9 Å². The highest BCUT2D eigenvalue weighted by atomic mass is 16.5. The predicted octanol–water partition coefficient (Wildman–Crippen LogP) is 2.36. The van der Waals surface area contributed by atoms with Crippen LogP contribution in [0.4, 0.5) is 5.69 Å². The molecule has 8 heteroatoms. The molecule has 8 nitrogen and oxygen atoms in total. The number of hydrazine groups is 1. The summed E-state index contributed by atoms with van der Waals surface area (Å²) < 4.78 is 11.4. The predicted molar refractivity (Wildman–Crippen MR) is 113 cm³/mol. The van der Waals surface area contributed by atoms with Crippen molar-refractivity contribution in [2.75, 3.05) is 18.2 Å². The maximum absolute atomic E-state index is 12.9. The zero-order chi connectivity index (χ0) is 21.1. The van der Waals surface area contributed by atoms with E-state index in [-0.39, 0.29) is 17.8 Å². The number of fused-ring (bicyclic) bond motifs is 1. The van der Waals surface area contributed by atoms with Crippen molar-refractivity contribution in [3.8, 4) is 11.5 Å². The van der Waals surface area contributed by atoms with E-state index in [1.165, 1.54) is 5.01 Å². The van der Waals surface area contributed by atoms with Crippen LogP contribution in [-0.2, 0) is 9.59 Å². The smallest absolute Gasteiger partial charge is 0.288 e. The Labute approximate surface area is 174 Å². The highest BCUT2D eigenvalue weighted by Crippen LogP contribution is 2.32. The summed E-state index contributed by atoms with van der Waals surface area (Å²) in [6.45, 7) is 4.77. The highest BCUT2D eigenvalue weighted by molar-refractivity contribution is 6.39. The summed E-state index contributed by atoms with van der Waals surface area (Å²) in [6, 6.07) is 13.8. The van der Waals surface area contributed by atoms with Gasteiger partial charge in [0.25, 0.3) is 11.8 Å². The van der Waals surface area contributed by atoms with E-state index in [1.807, 2.05) is 43.3 Å². The van der Waals surface area contributed by atoms with Gasteiger partial charge in [-0.1, -0.05) is 24.3 Å². The van der Waals surface area contributed by atoms with E-state index >= 15 is 0 Å². The number of carbonyl (C=O) groups is 2. The molecule has 2 aliphatic rings. The Balaban J connectivity index is 1.48. The molecule has 0 aromatic heterocycles. The van der Waals surface area contributed by atoms with Gasteiger partial charge in [-0.25, -0.2) is 10.0 Å². The molecule has 0 saturated carbocycles. The van der Waals surface area contributed by atoms with Gasteiger partial charge in [-0.05, 0) is 43.7 Å². The topological polar surface area (TPSA) is 92.3 Å². The molecule has 2 unspecified atom stereocenters. The zero-order valence-corrected chi connectivity index (χ0v) is 16.9. The molecule has 0 spiro atoms. The summed E-state index contributed by atoms with van der Waals surface area (Å²) in [5.41, 5.74) is 4.37. The van der Waals surface area contributed by atoms with Gasteiger partial charge >= 0.3 is 0 Å². The van der Waals surface area contributed by atoms with Gasteiger partial charge in [0.05, 0.1) is 24.9 Å². The summed E-state index contributed by atoms with van der Waals surface area (Å²) in [7, 11) is 0. The van der Waals surface area contributed by atoms with Crippen molar-refractivity contribution in [2.24, 2.45) is 4.99 Å². The van der Waals surface area contributed by atoms with Gasteiger partial charge < -0.3 is 14.8 Å². The van der Waals surface area contributed by atoms with Crippen LogP contribution < -0.4 is 25.2 Å². The minimum atomic E-state index is -0.666. The van der Waals surface area contributed by atoms with Crippen molar-refractivity contribution in [2.45, 2.75) is 32.4 Å². The molecule has 156 valence electrons. The Kier molecular flexibility index (Phi) is 5.56. The molecular formula is C22H24N4O4. The number of aliphatic imine (C=N–C) groups is 1. The normalized spacial score (nSPS) is 19.3. The Morgan fingerprint density at radius 2 is 1.90 bits per heavy atom. The van der Waals surface area contributed by atoms with E-state index in [4.69, 9.17) is 9.47 Å². The number of ether oxygens (including phenoxy) is 2. The molecule has 2 aromatic carbocycles. The molecule has 2 heterocycles. The van der Waals surface area contributed by atoms with E-state index in [0.29, 0.717) is 30.4 Å². The van der Waals surface area contributed by atoms with Gasteiger partial charge in [0.1, 0.15) is 6.04 Å². The maximum Gasteiger partial charge on any atom is 0.288 e. The van der Waals surface area contributed by atoms with Crippen molar-refractivity contribution in [3.05, 3.63) is 54.1 Å². The number of amidine groups is 1. The van der Waals surface area contributed by atoms with Crippen molar-refractivity contribution < 1.29 is 19.1 Å². The van der Waals surface area contributed by atoms with Gasteiger partial charge in [0.2, 0.25) is 5.84 Å². The number of nitrogens with one attached hydrogen (secondary N) is 2. The minimum Gasteiger partial charge on any atom is -0.490 e. The maximum atomic E-state index is 12.9. The summed E-state index contributed by atoms with van der Waals surface area (Å²) in [6.07, 6.45) is 0.830. The Morgan fingerprint density at radius 3 is 2.67 bits per heavy atom. The molecule has 4 rings (SSSR count). The number of carbonyl (C=O) groups excluding carboxylic acids is 2. The quantitative estimate of drug-likeness (QED) is 0.810. The van der Waals surface area contributed by atoms with Gasteiger partial charge in [-0.3, -0.25) is 15.0 Å². The largest absolute Gasteiger partial charge is 0.490 e. The molecule has 2 aliphatic heterocycles. The first kappa shape index (κ1) is 19.8. The Morgan fingerprint density at radius 1 is 1.17 bits per heavy atom. The van der Waals surface area contributed by atoms with Gasteiger partial charge in [0.15, 0.2) is 11.5 Å². The van der Waals surface area contributed by atoms with E-state index in [1.54, 1.807) is 19.1 Å². The van der Waals surface area contributed by atoms with Crippen molar-refractivity contribution in [1.29, 1.82) is 0 Å². The molecule has 0 saturated heterocycles. The second-order valence-electron chi connectivity index (χ2n) is 7.23. The highest BCUT2D eigenvalue weighted by Gasteiger charge is 2.31. The number of hydrogen-bond acceptors (Lipinski definition) is 6. The molecule has 0 fully saturated rings. The fourth-order valence-electron chi connectivity index (χ4n) is 3.30. The number of anilines is 1. The van der Waals surface area contributed by atoms with Crippen LogP contribution >= 0.6 is 0 Å².